The van der Waals surface area contributed by atoms with E-state index in [1.807, 2.05) is 13.8 Å². The average Bonchev–Trinajstić information content (AvgIpc) is 2.37. The molecule has 5 heteroatoms. The summed E-state index contributed by atoms with van der Waals surface area (Å²) < 4.78 is 0. The number of benzene rings is 2. The standard InChI is InChI=1S/C14H12Cl2N2O/c1-8-5-11(6-9(2)14(8)19)17-18-13-7-10(15)3-4-12(13)16/h3-7,19H,1-2H3. The number of hydrogen-bond donors (Lipinski definition) is 1. The van der Waals surface area contributed by atoms with Crippen molar-refractivity contribution < 1.29 is 5.11 Å². The molecule has 2 aromatic carbocycles. The van der Waals surface area contributed by atoms with Crippen LogP contribution in [0.4, 0.5) is 11.4 Å². The van der Waals surface area contributed by atoms with Gasteiger partial charge in [0.25, 0.3) is 0 Å². The SMILES string of the molecule is Cc1cc(N=Nc2cc(Cl)ccc2Cl)cc(C)c1O. The number of nitrogens with zero attached hydrogens (tertiary/aromatic N) is 2. The van der Waals surface area contributed by atoms with Crippen molar-refractivity contribution in [3.05, 3.63) is 51.5 Å². The first-order valence-corrected chi connectivity index (χ1v) is 6.40. The maximum Gasteiger partial charge on any atom is 0.121 e. The quantitative estimate of drug-likeness (QED) is 0.706. The van der Waals surface area contributed by atoms with Gasteiger partial charge < -0.3 is 5.11 Å². The first-order chi connectivity index (χ1) is 8.97. The second-order valence-electron chi connectivity index (χ2n) is 4.22. The average molecular weight is 295 g/mol. The second kappa shape index (κ2) is 5.59. The van der Waals surface area contributed by atoms with Crippen LogP contribution < -0.4 is 0 Å². The van der Waals surface area contributed by atoms with E-state index in [4.69, 9.17) is 23.2 Å². The van der Waals surface area contributed by atoms with Gasteiger partial charge in [-0.3, -0.25) is 0 Å². The van der Waals surface area contributed by atoms with Gasteiger partial charge in [-0.15, -0.1) is 5.11 Å². The van der Waals surface area contributed by atoms with Crippen LogP contribution in [0.15, 0.2) is 40.6 Å². The molecular formula is C14H12Cl2N2O. The fourth-order valence-electron chi connectivity index (χ4n) is 1.66. The van der Waals surface area contributed by atoms with Crippen molar-refractivity contribution >= 4 is 34.6 Å². The van der Waals surface area contributed by atoms with Crippen molar-refractivity contribution in [1.29, 1.82) is 0 Å². The number of phenols is 1. The van der Waals surface area contributed by atoms with Crippen LogP contribution in [0, 0.1) is 13.8 Å². The van der Waals surface area contributed by atoms with Crippen molar-refractivity contribution in [3.8, 4) is 5.75 Å². The van der Waals surface area contributed by atoms with Gasteiger partial charge in [-0.1, -0.05) is 23.2 Å². The van der Waals surface area contributed by atoms with E-state index in [1.54, 1.807) is 30.3 Å². The highest BCUT2D eigenvalue weighted by Crippen LogP contribution is 2.31. The Kier molecular flexibility index (Phi) is 4.08. The highest BCUT2D eigenvalue weighted by Gasteiger charge is 2.03. The minimum atomic E-state index is 0.278. The zero-order valence-electron chi connectivity index (χ0n) is 10.5. The Bertz CT molecular complexity index is 631. The zero-order chi connectivity index (χ0) is 14.0. The van der Waals surface area contributed by atoms with E-state index in [1.165, 1.54) is 0 Å². The van der Waals surface area contributed by atoms with Crippen molar-refractivity contribution in [2.24, 2.45) is 10.2 Å². The Balaban J connectivity index is 2.35. The highest BCUT2D eigenvalue weighted by molar-refractivity contribution is 6.35. The molecule has 0 atom stereocenters. The molecule has 0 saturated carbocycles. The molecule has 0 bridgehead atoms. The molecule has 0 fully saturated rings. The molecule has 0 aliphatic heterocycles. The number of rotatable bonds is 2. The normalized spacial score (nSPS) is 11.2. The van der Waals surface area contributed by atoms with E-state index in [2.05, 4.69) is 10.2 Å². The summed E-state index contributed by atoms with van der Waals surface area (Å²) in [4.78, 5) is 0. The molecule has 2 aromatic rings. The number of aromatic hydroxyl groups is 1. The van der Waals surface area contributed by atoms with Crippen LogP contribution in [0.5, 0.6) is 5.75 Å². The molecule has 0 aliphatic carbocycles. The number of hydrogen-bond acceptors (Lipinski definition) is 3. The van der Waals surface area contributed by atoms with Gasteiger partial charge in [-0.25, -0.2) is 0 Å². The molecule has 0 heterocycles. The molecular weight excluding hydrogens is 283 g/mol. The lowest BCUT2D eigenvalue weighted by Crippen LogP contribution is -1.79. The molecule has 19 heavy (non-hydrogen) atoms. The topological polar surface area (TPSA) is 45.0 Å². The molecule has 0 unspecified atom stereocenters. The molecule has 0 spiro atoms. The van der Waals surface area contributed by atoms with Crippen molar-refractivity contribution in [2.75, 3.05) is 0 Å². The summed E-state index contributed by atoms with van der Waals surface area (Å²) in [6, 6.07) is 8.52. The van der Waals surface area contributed by atoms with Crippen LogP contribution in [0.1, 0.15) is 11.1 Å². The van der Waals surface area contributed by atoms with E-state index >= 15 is 0 Å². The molecule has 2 rings (SSSR count). The van der Waals surface area contributed by atoms with Crippen LogP contribution >= 0.6 is 23.2 Å². The Morgan fingerprint density at radius 3 is 2.21 bits per heavy atom. The van der Waals surface area contributed by atoms with Gasteiger partial charge in [-0.05, 0) is 55.3 Å². The van der Waals surface area contributed by atoms with Gasteiger partial charge in [0.15, 0.2) is 0 Å². The largest absolute Gasteiger partial charge is 0.507 e. The van der Waals surface area contributed by atoms with E-state index in [9.17, 15) is 5.11 Å². The van der Waals surface area contributed by atoms with E-state index in [0.29, 0.717) is 21.4 Å². The third-order valence-electron chi connectivity index (χ3n) is 2.66. The second-order valence-corrected chi connectivity index (χ2v) is 5.07. The predicted molar refractivity (Wildman–Crippen MR) is 78.2 cm³/mol. The summed E-state index contributed by atoms with van der Waals surface area (Å²) in [5, 5.41) is 18.9. The molecule has 0 saturated heterocycles. The van der Waals surface area contributed by atoms with Gasteiger partial charge in [0.1, 0.15) is 11.4 Å². The van der Waals surface area contributed by atoms with Gasteiger partial charge >= 0.3 is 0 Å². The Hall–Kier alpha value is -1.58. The molecule has 1 N–H and O–H groups in total. The van der Waals surface area contributed by atoms with E-state index in [0.717, 1.165) is 11.1 Å². The van der Waals surface area contributed by atoms with Crippen molar-refractivity contribution in [2.45, 2.75) is 13.8 Å². The minimum absolute atomic E-state index is 0.278. The Labute approximate surface area is 121 Å². The van der Waals surface area contributed by atoms with Gasteiger partial charge in [0.2, 0.25) is 0 Å². The van der Waals surface area contributed by atoms with Crippen LogP contribution in [0.2, 0.25) is 10.0 Å². The molecule has 0 amide bonds. The lowest BCUT2D eigenvalue weighted by Gasteiger charge is -2.04. The summed E-state index contributed by atoms with van der Waals surface area (Å²) in [7, 11) is 0. The first kappa shape index (κ1) is 13.8. The number of halogens is 2. The van der Waals surface area contributed by atoms with Gasteiger partial charge in [-0.2, -0.15) is 5.11 Å². The van der Waals surface area contributed by atoms with Crippen LogP contribution in [0.25, 0.3) is 0 Å². The molecule has 0 radical (unpaired) electrons. The van der Waals surface area contributed by atoms with Crippen molar-refractivity contribution in [3.63, 3.8) is 0 Å². The lowest BCUT2D eigenvalue weighted by molar-refractivity contribution is 0.467. The van der Waals surface area contributed by atoms with Crippen LogP contribution in [0.3, 0.4) is 0 Å². The Morgan fingerprint density at radius 1 is 0.947 bits per heavy atom. The van der Waals surface area contributed by atoms with Crippen LogP contribution in [-0.4, -0.2) is 5.11 Å². The number of phenolic OH excluding ortho intramolecular Hbond substituents is 1. The summed E-state index contributed by atoms with van der Waals surface area (Å²) in [6.07, 6.45) is 0. The predicted octanol–water partition coefficient (Wildman–Crippen LogP) is 5.73. The lowest BCUT2D eigenvalue weighted by atomic mass is 10.1. The third kappa shape index (κ3) is 3.25. The monoisotopic (exact) mass is 294 g/mol. The van der Waals surface area contributed by atoms with Crippen molar-refractivity contribution in [1.82, 2.24) is 0 Å². The molecule has 0 aliphatic rings. The van der Waals surface area contributed by atoms with E-state index < -0.39 is 0 Å². The summed E-state index contributed by atoms with van der Waals surface area (Å²) in [5.74, 6) is 0.278. The fourth-order valence-corrected chi connectivity index (χ4v) is 1.99. The first-order valence-electron chi connectivity index (χ1n) is 5.64. The molecule has 3 nitrogen and oxygen atoms in total. The summed E-state index contributed by atoms with van der Waals surface area (Å²) >= 11 is 11.9. The Morgan fingerprint density at radius 2 is 1.58 bits per heavy atom. The maximum absolute atomic E-state index is 9.69. The smallest absolute Gasteiger partial charge is 0.121 e. The molecule has 0 aromatic heterocycles. The minimum Gasteiger partial charge on any atom is -0.507 e. The van der Waals surface area contributed by atoms with E-state index in [-0.39, 0.29) is 5.75 Å². The summed E-state index contributed by atoms with van der Waals surface area (Å²) in [6.45, 7) is 3.63. The van der Waals surface area contributed by atoms with Crippen LogP contribution in [-0.2, 0) is 0 Å². The molecule has 98 valence electrons. The fraction of sp³-hybridized carbons (Fsp3) is 0.143. The summed E-state index contributed by atoms with van der Waals surface area (Å²) in [5.41, 5.74) is 2.68. The highest BCUT2D eigenvalue weighted by atomic mass is 35.5. The zero-order valence-corrected chi connectivity index (χ0v) is 12.0. The number of azo groups is 1. The third-order valence-corrected chi connectivity index (χ3v) is 3.21. The number of aryl methyl sites for hydroxylation is 2. The van der Waals surface area contributed by atoms with Gasteiger partial charge in [0, 0.05) is 5.02 Å². The maximum atomic E-state index is 9.69. The van der Waals surface area contributed by atoms with Gasteiger partial charge in [0.05, 0.1) is 10.7 Å².